The molecule has 4 rings (SSSR count). The normalized spacial score (nSPS) is 11.8. The summed E-state index contributed by atoms with van der Waals surface area (Å²) in [6.07, 6.45) is 33.3. The van der Waals surface area contributed by atoms with Gasteiger partial charge in [-0.1, -0.05) is 203 Å². The number of unbranched alkanes of at least 4 members (excludes halogenated alkanes) is 20. The van der Waals surface area contributed by atoms with Crippen LogP contribution >= 0.6 is 0 Å². The van der Waals surface area contributed by atoms with E-state index in [0.717, 1.165) is 0 Å². The van der Waals surface area contributed by atoms with E-state index in [1.165, 1.54) is 198 Å². The molecule has 4 aromatic rings. The molecule has 0 nitrogen and oxygen atoms in total. The lowest BCUT2D eigenvalue weighted by Gasteiger charge is -2.13. The van der Waals surface area contributed by atoms with E-state index >= 15 is 0 Å². The van der Waals surface area contributed by atoms with Crippen LogP contribution in [-0.4, -0.2) is 0 Å². The fraction of sp³-hybridized carbons (Fsp3) is 0.591. The van der Waals surface area contributed by atoms with E-state index < -0.39 is 0 Å². The Balaban J connectivity index is 1.26. The van der Waals surface area contributed by atoms with Crippen molar-refractivity contribution in [2.45, 2.75) is 168 Å². The molecule has 4 aromatic carbocycles. The van der Waals surface area contributed by atoms with Crippen molar-refractivity contribution < 1.29 is 0 Å². The largest absolute Gasteiger partial charge is 0.0654 e. The van der Waals surface area contributed by atoms with Crippen LogP contribution in [0.2, 0.25) is 0 Å². The van der Waals surface area contributed by atoms with E-state index in [-0.39, 0.29) is 0 Å². The molecule has 0 fully saturated rings. The lowest BCUT2D eigenvalue weighted by molar-refractivity contribution is 0.550. The van der Waals surface area contributed by atoms with Crippen LogP contribution < -0.4 is 0 Å². The number of benzene rings is 4. The minimum absolute atomic E-state index is 1.20. The second-order valence-corrected chi connectivity index (χ2v) is 13.8. The van der Waals surface area contributed by atoms with Gasteiger partial charge in [-0.3, -0.25) is 0 Å². The average molecular weight is 593 g/mol. The summed E-state index contributed by atoms with van der Waals surface area (Å²) in [5.74, 6) is 0. The third kappa shape index (κ3) is 10.9. The van der Waals surface area contributed by atoms with Crippen molar-refractivity contribution >= 4 is 32.3 Å². The lowest BCUT2D eigenvalue weighted by atomic mass is 9.91. The van der Waals surface area contributed by atoms with Gasteiger partial charge in [0.15, 0.2) is 0 Å². The van der Waals surface area contributed by atoms with Crippen molar-refractivity contribution in [1.29, 1.82) is 0 Å². The molecule has 0 heterocycles. The first-order valence-corrected chi connectivity index (χ1v) is 19.2. The summed E-state index contributed by atoms with van der Waals surface area (Å²) in [5.41, 5.74) is 3.07. The van der Waals surface area contributed by atoms with Gasteiger partial charge in [0.25, 0.3) is 0 Å². The second-order valence-electron chi connectivity index (χ2n) is 13.8. The SMILES string of the molecule is CCCCCCCCCCCCCc1cccc2c1ccc1c3cccc(CCCCCCCCCCCCC)c3ccc21. The van der Waals surface area contributed by atoms with Crippen molar-refractivity contribution in [2.75, 3.05) is 0 Å². The lowest BCUT2D eigenvalue weighted by Crippen LogP contribution is -1.91. The van der Waals surface area contributed by atoms with Crippen LogP contribution in [-0.2, 0) is 12.8 Å². The molecule has 44 heavy (non-hydrogen) atoms. The standard InChI is InChI=1S/C44H64/c1-3-5-7-9-11-13-15-17-19-21-23-27-37-29-25-31-41-39(37)33-35-44-42-32-26-30-38(40(42)34-36-43(41)44)28-24-22-20-18-16-14-12-10-8-6-4-2/h25-26,29-36H,3-24,27-28H2,1-2H3. The molecule has 240 valence electrons. The van der Waals surface area contributed by atoms with Crippen LogP contribution in [0.4, 0.5) is 0 Å². The van der Waals surface area contributed by atoms with Gasteiger partial charge in [0.05, 0.1) is 0 Å². The highest BCUT2D eigenvalue weighted by Gasteiger charge is 2.10. The summed E-state index contributed by atoms with van der Waals surface area (Å²) in [6.45, 7) is 4.61. The fourth-order valence-corrected chi connectivity index (χ4v) is 7.47. The molecule has 0 spiro atoms. The number of rotatable bonds is 24. The molecule has 0 radical (unpaired) electrons. The van der Waals surface area contributed by atoms with Crippen LogP contribution in [0.1, 0.15) is 166 Å². The van der Waals surface area contributed by atoms with Gasteiger partial charge in [0.2, 0.25) is 0 Å². The molecule has 0 bridgehead atoms. The maximum Gasteiger partial charge on any atom is -0.00989 e. The van der Waals surface area contributed by atoms with Gasteiger partial charge in [-0.25, -0.2) is 0 Å². The quantitative estimate of drug-likeness (QED) is 0.0561. The van der Waals surface area contributed by atoms with Gasteiger partial charge in [-0.15, -0.1) is 0 Å². The van der Waals surface area contributed by atoms with Crippen molar-refractivity contribution in [3.63, 3.8) is 0 Å². The topological polar surface area (TPSA) is 0 Å². The van der Waals surface area contributed by atoms with E-state index in [2.05, 4.69) is 74.5 Å². The van der Waals surface area contributed by atoms with Gasteiger partial charge in [-0.05, 0) is 69.1 Å². The second kappa shape index (κ2) is 20.6. The molecule has 0 aliphatic carbocycles. The van der Waals surface area contributed by atoms with Gasteiger partial charge in [-0.2, -0.15) is 0 Å². The van der Waals surface area contributed by atoms with Crippen molar-refractivity contribution in [3.8, 4) is 0 Å². The summed E-state index contributed by atoms with van der Waals surface area (Å²) < 4.78 is 0. The number of hydrogen-bond acceptors (Lipinski definition) is 0. The summed E-state index contributed by atoms with van der Waals surface area (Å²) in [4.78, 5) is 0. The third-order valence-electron chi connectivity index (χ3n) is 10.2. The zero-order valence-electron chi connectivity index (χ0n) is 28.7. The van der Waals surface area contributed by atoms with Crippen molar-refractivity contribution in [3.05, 3.63) is 71.8 Å². The average Bonchev–Trinajstić information content (AvgIpc) is 3.05. The Morgan fingerprint density at radius 2 is 0.545 bits per heavy atom. The van der Waals surface area contributed by atoms with E-state index in [1.807, 2.05) is 0 Å². The molecule has 0 unspecified atom stereocenters. The third-order valence-corrected chi connectivity index (χ3v) is 10.2. The van der Waals surface area contributed by atoms with E-state index in [1.54, 1.807) is 0 Å². The molecular weight excluding hydrogens is 528 g/mol. The van der Waals surface area contributed by atoms with Crippen LogP contribution in [0.15, 0.2) is 60.7 Å². The predicted octanol–water partition coefficient (Wildman–Crippen LogP) is 14.9. The van der Waals surface area contributed by atoms with Gasteiger partial charge < -0.3 is 0 Å². The molecule has 0 aliphatic heterocycles. The molecule has 0 heteroatoms. The molecule has 0 saturated carbocycles. The fourth-order valence-electron chi connectivity index (χ4n) is 7.47. The Labute approximate surface area is 271 Å². The molecule has 0 atom stereocenters. The smallest absolute Gasteiger partial charge is 0.00989 e. The first-order chi connectivity index (χ1) is 21.8. The molecule has 0 aromatic heterocycles. The molecule has 0 amide bonds. The highest BCUT2D eigenvalue weighted by Crippen LogP contribution is 2.34. The Morgan fingerprint density at radius 3 is 0.886 bits per heavy atom. The summed E-state index contributed by atoms with van der Waals surface area (Å²) in [7, 11) is 0. The van der Waals surface area contributed by atoms with E-state index in [9.17, 15) is 0 Å². The molecular formula is C44H64. The Morgan fingerprint density at radius 1 is 0.273 bits per heavy atom. The molecule has 0 N–H and O–H groups in total. The van der Waals surface area contributed by atoms with E-state index in [4.69, 9.17) is 0 Å². The van der Waals surface area contributed by atoms with Crippen LogP contribution in [0.25, 0.3) is 32.3 Å². The minimum Gasteiger partial charge on any atom is -0.0654 e. The van der Waals surface area contributed by atoms with Gasteiger partial charge >= 0.3 is 0 Å². The Kier molecular flexibility index (Phi) is 16.2. The van der Waals surface area contributed by atoms with Crippen LogP contribution in [0.3, 0.4) is 0 Å². The Hall–Kier alpha value is -2.34. The highest BCUT2D eigenvalue weighted by atomic mass is 14.1. The predicted molar refractivity (Wildman–Crippen MR) is 199 cm³/mol. The first kappa shape index (κ1) is 34.5. The number of hydrogen-bond donors (Lipinski definition) is 0. The van der Waals surface area contributed by atoms with Crippen molar-refractivity contribution in [1.82, 2.24) is 0 Å². The van der Waals surface area contributed by atoms with Gasteiger partial charge in [0.1, 0.15) is 0 Å². The van der Waals surface area contributed by atoms with Crippen molar-refractivity contribution in [2.24, 2.45) is 0 Å². The molecule has 0 aliphatic rings. The van der Waals surface area contributed by atoms with Crippen LogP contribution in [0, 0.1) is 0 Å². The maximum atomic E-state index is 2.42. The number of fused-ring (bicyclic) bond motifs is 5. The van der Waals surface area contributed by atoms with E-state index in [0.29, 0.717) is 0 Å². The van der Waals surface area contributed by atoms with Gasteiger partial charge in [0, 0.05) is 0 Å². The summed E-state index contributed by atoms with van der Waals surface area (Å²) in [6, 6.07) is 23.7. The highest BCUT2D eigenvalue weighted by molar-refractivity contribution is 6.18. The molecule has 0 saturated heterocycles. The summed E-state index contributed by atoms with van der Waals surface area (Å²) in [5, 5.41) is 8.62. The minimum atomic E-state index is 1.20. The summed E-state index contributed by atoms with van der Waals surface area (Å²) >= 11 is 0. The maximum absolute atomic E-state index is 2.42. The van der Waals surface area contributed by atoms with Crippen LogP contribution in [0.5, 0.6) is 0 Å². The zero-order valence-corrected chi connectivity index (χ0v) is 28.7. The number of aryl methyl sites for hydroxylation is 2. The first-order valence-electron chi connectivity index (χ1n) is 19.2. The Bertz CT molecular complexity index is 1240. The zero-order chi connectivity index (χ0) is 30.7. The monoisotopic (exact) mass is 593 g/mol.